The van der Waals surface area contributed by atoms with Crippen LogP contribution in [0, 0.1) is 5.92 Å². The van der Waals surface area contributed by atoms with Crippen molar-refractivity contribution in [1.29, 1.82) is 0 Å². The molecular formula is C22H18N2O3. The van der Waals surface area contributed by atoms with E-state index in [4.69, 9.17) is 0 Å². The fraction of sp³-hybridized carbons (Fsp3) is 0.136. The zero-order chi connectivity index (χ0) is 18.5. The Morgan fingerprint density at radius 2 is 1.56 bits per heavy atom. The normalized spacial score (nSPS) is 22.7. The first-order valence-electron chi connectivity index (χ1n) is 8.90. The summed E-state index contributed by atoms with van der Waals surface area (Å²) in [5.74, 6) is -0.332. The van der Waals surface area contributed by atoms with Gasteiger partial charge in [0.15, 0.2) is 0 Å². The number of nitrogens with one attached hydrogen (secondary N) is 2. The first-order valence-corrected chi connectivity index (χ1v) is 8.90. The molecule has 0 spiro atoms. The number of hydrogen-bond donors (Lipinski definition) is 4. The highest BCUT2D eigenvalue weighted by Crippen LogP contribution is 2.53. The second-order valence-corrected chi connectivity index (χ2v) is 7.03. The Hall–Kier alpha value is -3.47. The fourth-order valence-corrected chi connectivity index (χ4v) is 4.35. The number of benzene rings is 3. The molecule has 3 aromatic rings. The number of aromatic hydroxyl groups is 2. The van der Waals surface area contributed by atoms with Gasteiger partial charge in [-0.15, -0.1) is 0 Å². The summed E-state index contributed by atoms with van der Waals surface area (Å²) < 4.78 is 0. The van der Waals surface area contributed by atoms with Gasteiger partial charge in [-0.05, 0) is 41.0 Å². The number of fused-ring (bicyclic) bond motifs is 4. The number of amides is 1. The third-order valence-corrected chi connectivity index (χ3v) is 5.54. The van der Waals surface area contributed by atoms with Crippen LogP contribution >= 0.6 is 0 Å². The van der Waals surface area contributed by atoms with Gasteiger partial charge in [0.25, 0.3) is 0 Å². The van der Waals surface area contributed by atoms with Crippen molar-refractivity contribution in [3.05, 3.63) is 83.4 Å². The molecule has 134 valence electrons. The van der Waals surface area contributed by atoms with Gasteiger partial charge in [-0.3, -0.25) is 4.79 Å². The highest BCUT2D eigenvalue weighted by molar-refractivity contribution is 5.99. The molecule has 3 atom stereocenters. The van der Waals surface area contributed by atoms with Gasteiger partial charge < -0.3 is 20.8 Å². The van der Waals surface area contributed by atoms with Gasteiger partial charge in [-0.2, -0.15) is 0 Å². The number of phenolic OH excluding ortho intramolecular Hbond substituents is 2. The van der Waals surface area contributed by atoms with Gasteiger partial charge in [-0.25, -0.2) is 0 Å². The maximum Gasteiger partial charge on any atom is 0.230 e. The van der Waals surface area contributed by atoms with Crippen LogP contribution in [0.25, 0.3) is 0 Å². The molecule has 0 bridgehead atoms. The van der Waals surface area contributed by atoms with E-state index in [1.165, 1.54) is 0 Å². The van der Waals surface area contributed by atoms with Crippen molar-refractivity contribution in [2.45, 2.75) is 12.0 Å². The van der Waals surface area contributed by atoms with Crippen molar-refractivity contribution in [2.24, 2.45) is 5.92 Å². The summed E-state index contributed by atoms with van der Waals surface area (Å²) in [6, 6.07) is 19.8. The Bertz CT molecular complexity index is 1050. The second kappa shape index (κ2) is 5.77. The van der Waals surface area contributed by atoms with Crippen molar-refractivity contribution in [3.8, 4) is 11.5 Å². The van der Waals surface area contributed by atoms with E-state index in [2.05, 4.69) is 10.6 Å². The van der Waals surface area contributed by atoms with Crippen LogP contribution in [0.5, 0.6) is 11.5 Å². The lowest BCUT2D eigenvalue weighted by Gasteiger charge is -2.43. The number of para-hydroxylation sites is 2. The van der Waals surface area contributed by atoms with Gasteiger partial charge in [0, 0.05) is 11.6 Å². The minimum atomic E-state index is -0.376. The number of hydrogen-bond acceptors (Lipinski definition) is 4. The van der Waals surface area contributed by atoms with Crippen molar-refractivity contribution in [3.63, 3.8) is 0 Å². The molecule has 27 heavy (non-hydrogen) atoms. The zero-order valence-electron chi connectivity index (χ0n) is 14.4. The van der Waals surface area contributed by atoms with E-state index in [9.17, 15) is 15.0 Å². The monoisotopic (exact) mass is 358 g/mol. The zero-order valence-corrected chi connectivity index (χ0v) is 14.4. The summed E-state index contributed by atoms with van der Waals surface area (Å²) in [6.45, 7) is 0. The quantitative estimate of drug-likeness (QED) is 0.496. The van der Waals surface area contributed by atoms with Gasteiger partial charge in [0.1, 0.15) is 11.5 Å². The smallest absolute Gasteiger partial charge is 0.230 e. The van der Waals surface area contributed by atoms with Gasteiger partial charge in [-0.1, -0.05) is 42.5 Å². The number of rotatable bonds is 1. The predicted octanol–water partition coefficient (Wildman–Crippen LogP) is 3.96. The van der Waals surface area contributed by atoms with Crippen LogP contribution in [-0.2, 0) is 4.79 Å². The van der Waals surface area contributed by atoms with E-state index >= 15 is 0 Å². The number of anilines is 2. The molecule has 0 saturated heterocycles. The summed E-state index contributed by atoms with van der Waals surface area (Å²) >= 11 is 0. The Balaban J connectivity index is 1.75. The lowest BCUT2D eigenvalue weighted by molar-refractivity contribution is -0.121. The van der Waals surface area contributed by atoms with Crippen molar-refractivity contribution in [2.75, 3.05) is 10.6 Å². The molecule has 0 aromatic heterocycles. The fourth-order valence-electron chi connectivity index (χ4n) is 4.35. The first-order chi connectivity index (χ1) is 13.1. The predicted molar refractivity (Wildman–Crippen MR) is 103 cm³/mol. The number of carbonyl (C=O) groups excluding carboxylic acids is 1. The topological polar surface area (TPSA) is 81.6 Å². The SMILES string of the molecule is O=C1Nc2ccccc2[C@@H]2Nc3c(O)cccc3[C@H](c3ccc(O)cc3)[C@@H]12. The van der Waals surface area contributed by atoms with Crippen LogP contribution in [-0.4, -0.2) is 16.1 Å². The molecule has 3 aromatic carbocycles. The van der Waals surface area contributed by atoms with Gasteiger partial charge >= 0.3 is 0 Å². The van der Waals surface area contributed by atoms with E-state index in [0.29, 0.717) is 5.69 Å². The minimum Gasteiger partial charge on any atom is -0.508 e. The number of phenols is 2. The summed E-state index contributed by atoms with van der Waals surface area (Å²) in [5.41, 5.74) is 4.24. The van der Waals surface area contributed by atoms with Crippen molar-refractivity contribution < 1.29 is 15.0 Å². The lowest BCUT2D eigenvalue weighted by atomic mass is 9.70. The van der Waals surface area contributed by atoms with Crippen LogP contribution in [0.3, 0.4) is 0 Å². The molecule has 0 aliphatic carbocycles. The lowest BCUT2D eigenvalue weighted by Crippen LogP contribution is -2.43. The Morgan fingerprint density at radius 1 is 0.815 bits per heavy atom. The van der Waals surface area contributed by atoms with Gasteiger partial charge in [0.05, 0.1) is 17.6 Å². The third kappa shape index (κ3) is 2.35. The molecule has 2 aliphatic heterocycles. The highest BCUT2D eigenvalue weighted by atomic mass is 16.3. The molecule has 0 unspecified atom stereocenters. The summed E-state index contributed by atoms with van der Waals surface area (Å²) in [4.78, 5) is 13.1. The number of carbonyl (C=O) groups is 1. The van der Waals surface area contributed by atoms with Crippen LogP contribution < -0.4 is 10.6 Å². The summed E-state index contributed by atoms with van der Waals surface area (Å²) in [5, 5.41) is 26.6. The molecule has 0 radical (unpaired) electrons. The molecule has 2 heterocycles. The molecule has 2 aliphatic rings. The van der Waals surface area contributed by atoms with Crippen molar-refractivity contribution in [1.82, 2.24) is 0 Å². The van der Waals surface area contributed by atoms with E-state index in [0.717, 1.165) is 22.4 Å². The van der Waals surface area contributed by atoms with Crippen molar-refractivity contribution >= 4 is 17.3 Å². The molecule has 1 amide bonds. The Kier molecular flexibility index (Phi) is 3.37. The largest absolute Gasteiger partial charge is 0.508 e. The van der Waals surface area contributed by atoms with E-state index in [-0.39, 0.29) is 35.3 Å². The van der Waals surface area contributed by atoms with Crippen LogP contribution in [0.4, 0.5) is 11.4 Å². The first kappa shape index (κ1) is 15.8. The molecule has 5 rings (SSSR count). The van der Waals surface area contributed by atoms with Crippen LogP contribution in [0.1, 0.15) is 28.7 Å². The Labute approximate surface area is 156 Å². The molecular weight excluding hydrogens is 340 g/mol. The summed E-state index contributed by atoms with van der Waals surface area (Å²) in [6.07, 6.45) is 0. The second-order valence-electron chi connectivity index (χ2n) is 7.03. The Morgan fingerprint density at radius 3 is 2.37 bits per heavy atom. The molecule has 4 N–H and O–H groups in total. The molecule has 5 heteroatoms. The maximum atomic E-state index is 13.1. The average Bonchev–Trinajstić information content (AvgIpc) is 2.68. The molecule has 0 saturated carbocycles. The average molecular weight is 358 g/mol. The third-order valence-electron chi connectivity index (χ3n) is 5.54. The van der Waals surface area contributed by atoms with Gasteiger partial charge in [0.2, 0.25) is 5.91 Å². The van der Waals surface area contributed by atoms with E-state index in [1.54, 1.807) is 24.3 Å². The highest BCUT2D eigenvalue weighted by Gasteiger charge is 2.46. The van der Waals surface area contributed by atoms with E-state index < -0.39 is 0 Å². The van der Waals surface area contributed by atoms with Crippen LogP contribution in [0.2, 0.25) is 0 Å². The maximum absolute atomic E-state index is 13.1. The summed E-state index contributed by atoms with van der Waals surface area (Å²) in [7, 11) is 0. The molecule has 0 fully saturated rings. The van der Waals surface area contributed by atoms with Crippen LogP contribution in [0.15, 0.2) is 66.7 Å². The molecule has 5 nitrogen and oxygen atoms in total. The van der Waals surface area contributed by atoms with E-state index in [1.807, 2.05) is 42.5 Å². The minimum absolute atomic E-state index is 0.0572. The standard InChI is InChI=1S/C22H18N2O3/c25-13-10-8-12(9-11-13)18-15-5-3-7-17(26)20(15)24-21-14-4-1-2-6-16(14)23-22(27)19(18)21/h1-11,18-19,21,24-26H,(H,23,27)/t18-,19+,21-/m0/s1.